The Morgan fingerprint density at radius 1 is 1.29 bits per heavy atom. The van der Waals surface area contributed by atoms with Crippen molar-refractivity contribution in [2.75, 3.05) is 12.4 Å². The summed E-state index contributed by atoms with van der Waals surface area (Å²) in [5, 5.41) is 13.8. The molecule has 0 spiro atoms. The summed E-state index contributed by atoms with van der Waals surface area (Å²) in [6.45, 7) is 6.89. The average molecular weight is 294 g/mol. The minimum absolute atomic E-state index is 0.195. The van der Waals surface area contributed by atoms with E-state index in [0.29, 0.717) is 11.3 Å². The van der Waals surface area contributed by atoms with E-state index in [0.717, 1.165) is 7.11 Å². The number of anilines is 1. The van der Waals surface area contributed by atoms with E-state index in [1.54, 1.807) is 0 Å². The fraction of sp³-hybridized carbons (Fsp3) is 0.429. The van der Waals surface area contributed by atoms with Crippen molar-refractivity contribution in [2.45, 2.75) is 33.1 Å². The third-order valence-corrected chi connectivity index (χ3v) is 2.86. The Morgan fingerprint density at radius 2 is 1.86 bits per heavy atom. The Morgan fingerprint density at radius 3 is 2.24 bits per heavy atom. The van der Waals surface area contributed by atoms with Gasteiger partial charge in [0.2, 0.25) is 5.91 Å². The Labute approximate surface area is 122 Å². The van der Waals surface area contributed by atoms with E-state index >= 15 is 0 Å². The van der Waals surface area contributed by atoms with Crippen LogP contribution >= 0.6 is 0 Å². The summed E-state index contributed by atoms with van der Waals surface area (Å²) >= 11 is 0. The molecule has 0 fully saturated rings. The molecule has 0 bridgehead atoms. The number of hydrogen-bond donors (Lipinski definition) is 1. The first-order valence-electron chi connectivity index (χ1n) is 6.26. The Balaban J connectivity index is 3.65. The summed E-state index contributed by atoms with van der Waals surface area (Å²) in [5.41, 5.74) is -0.0600. The van der Waals surface area contributed by atoms with Crippen LogP contribution < -0.4 is 5.32 Å². The van der Waals surface area contributed by atoms with Crippen molar-refractivity contribution in [3.63, 3.8) is 0 Å². The third-order valence-electron chi connectivity index (χ3n) is 2.86. The van der Waals surface area contributed by atoms with Crippen molar-refractivity contribution in [1.29, 1.82) is 0 Å². The number of nitro benzene ring substituents is 1. The Bertz CT molecular complexity index is 602. The molecule has 7 heteroatoms. The number of carbonyl (C=O) groups is 2. The van der Waals surface area contributed by atoms with Crippen LogP contribution in [0.5, 0.6) is 0 Å². The molecule has 0 heterocycles. The molecule has 7 nitrogen and oxygen atoms in total. The van der Waals surface area contributed by atoms with Crippen molar-refractivity contribution in [3.8, 4) is 0 Å². The molecule has 0 saturated heterocycles. The van der Waals surface area contributed by atoms with Gasteiger partial charge in [0.1, 0.15) is 5.56 Å². The predicted octanol–water partition coefficient (Wildman–Crippen LogP) is 2.64. The second-order valence-corrected chi connectivity index (χ2v) is 5.59. The summed E-state index contributed by atoms with van der Waals surface area (Å²) in [6, 6.07) is 2.59. The maximum absolute atomic E-state index is 11.7. The highest BCUT2D eigenvalue weighted by atomic mass is 16.6. The Hall–Kier alpha value is -2.44. The van der Waals surface area contributed by atoms with Gasteiger partial charge in [-0.05, 0) is 17.0 Å². The first-order valence-corrected chi connectivity index (χ1v) is 6.26. The summed E-state index contributed by atoms with van der Waals surface area (Å²) in [6.07, 6.45) is 0. The van der Waals surface area contributed by atoms with Crippen LogP contribution in [0.15, 0.2) is 12.1 Å². The molecule has 0 aromatic heterocycles. The molecule has 0 saturated carbocycles. The molecule has 0 aliphatic carbocycles. The lowest BCUT2D eigenvalue weighted by Gasteiger charge is -2.23. The summed E-state index contributed by atoms with van der Waals surface area (Å²) < 4.78 is 4.56. The molecular formula is C14H18N2O5. The van der Waals surface area contributed by atoms with E-state index in [1.165, 1.54) is 19.1 Å². The van der Waals surface area contributed by atoms with Crippen LogP contribution in [0.2, 0.25) is 0 Å². The van der Waals surface area contributed by atoms with Gasteiger partial charge >= 0.3 is 5.97 Å². The first kappa shape index (κ1) is 16.6. The summed E-state index contributed by atoms with van der Waals surface area (Å²) in [5.74, 6) is -1.15. The van der Waals surface area contributed by atoms with Gasteiger partial charge < -0.3 is 10.1 Å². The maximum Gasteiger partial charge on any atom is 0.344 e. The van der Waals surface area contributed by atoms with Gasteiger partial charge in [0.25, 0.3) is 5.69 Å². The number of esters is 1. The number of nitrogens with one attached hydrogen (secondary N) is 1. The minimum Gasteiger partial charge on any atom is -0.465 e. The van der Waals surface area contributed by atoms with E-state index in [2.05, 4.69) is 10.1 Å². The van der Waals surface area contributed by atoms with Gasteiger partial charge in [-0.2, -0.15) is 0 Å². The number of hydrogen-bond acceptors (Lipinski definition) is 5. The molecule has 0 unspecified atom stereocenters. The lowest BCUT2D eigenvalue weighted by molar-refractivity contribution is -0.385. The predicted molar refractivity (Wildman–Crippen MR) is 77.4 cm³/mol. The number of benzene rings is 1. The van der Waals surface area contributed by atoms with Gasteiger partial charge in [0, 0.05) is 18.7 Å². The zero-order valence-corrected chi connectivity index (χ0v) is 12.6. The standard InChI is InChI=1S/C14H18N2O5/c1-8(17)15-11-6-9(13(18)21-5)12(16(19)20)7-10(11)14(2,3)4/h6-7H,1-5H3,(H,15,17). The zero-order valence-electron chi connectivity index (χ0n) is 12.6. The summed E-state index contributed by atoms with van der Waals surface area (Å²) in [7, 11) is 1.14. The van der Waals surface area contributed by atoms with E-state index < -0.39 is 16.3 Å². The number of rotatable bonds is 3. The number of carbonyl (C=O) groups excluding carboxylic acids is 2. The zero-order chi connectivity index (χ0) is 16.4. The van der Waals surface area contributed by atoms with Gasteiger partial charge in [-0.25, -0.2) is 4.79 Å². The third kappa shape index (κ3) is 3.77. The van der Waals surface area contributed by atoms with Crippen molar-refractivity contribution in [1.82, 2.24) is 0 Å². The van der Waals surface area contributed by atoms with Crippen molar-refractivity contribution >= 4 is 23.3 Å². The number of nitrogens with zero attached hydrogens (tertiary/aromatic N) is 1. The van der Waals surface area contributed by atoms with Crippen molar-refractivity contribution in [2.24, 2.45) is 0 Å². The number of methoxy groups -OCH3 is 1. The van der Waals surface area contributed by atoms with Gasteiger partial charge in [-0.15, -0.1) is 0 Å². The van der Waals surface area contributed by atoms with Crippen LogP contribution in [0.25, 0.3) is 0 Å². The van der Waals surface area contributed by atoms with Crippen LogP contribution in [0.1, 0.15) is 43.6 Å². The number of nitro groups is 1. The van der Waals surface area contributed by atoms with Gasteiger partial charge in [-0.3, -0.25) is 14.9 Å². The highest BCUT2D eigenvalue weighted by Gasteiger charge is 2.28. The first-order chi connectivity index (χ1) is 9.57. The Kier molecular flexibility index (Phi) is 4.67. The van der Waals surface area contributed by atoms with Crippen molar-refractivity contribution in [3.05, 3.63) is 33.4 Å². The lowest BCUT2D eigenvalue weighted by Crippen LogP contribution is -2.19. The van der Waals surface area contributed by atoms with Gasteiger partial charge in [0.05, 0.1) is 12.0 Å². The summed E-state index contributed by atoms with van der Waals surface area (Å²) in [4.78, 5) is 33.5. The van der Waals surface area contributed by atoms with E-state index in [9.17, 15) is 19.7 Å². The molecule has 1 aromatic rings. The highest BCUT2D eigenvalue weighted by molar-refractivity contribution is 5.98. The quantitative estimate of drug-likeness (QED) is 0.525. The molecule has 1 amide bonds. The molecule has 1 N–H and O–H groups in total. The number of amides is 1. The van der Waals surface area contributed by atoms with Gasteiger partial charge in [-0.1, -0.05) is 20.8 Å². The molecule has 0 atom stereocenters. The molecule has 0 aliphatic heterocycles. The molecule has 1 aromatic carbocycles. The molecular weight excluding hydrogens is 276 g/mol. The van der Waals surface area contributed by atoms with Crippen LogP contribution in [0, 0.1) is 10.1 Å². The smallest absolute Gasteiger partial charge is 0.344 e. The lowest BCUT2D eigenvalue weighted by atomic mass is 9.84. The topological polar surface area (TPSA) is 98.5 Å². The normalized spacial score (nSPS) is 10.9. The average Bonchev–Trinajstić information content (AvgIpc) is 2.34. The molecule has 1 rings (SSSR count). The van der Waals surface area contributed by atoms with Crippen LogP contribution in [-0.4, -0.2) is 23.9 Å². The van der Waals surface area contributed by atoms with E-state index in [1.807, 2.05) is 20.8 Å². The van der Waals surface area contributed by atoms with E-state index in [-0.39, 0.29) is 17.2 Å². The van der Waals surface area contributed by atoms with Crippen LogP contribution in [0.3, 0.4) is 0 Å². The minimum atomic E-state index is -0.825. The van der Waals surface area contributed by atoms with E-state index in [4.69, 9.17) is 0 Å². The number of ether oxygens (including phenoxy) is 1. The molecule has 0 aliphatic rings. The molecule has 0 radical (unpaired) electrons. The molecule has 21 heavy (non-hydrogen) atoms. The molecule has 114 valence electrons. The van der Waals surface area contributed by atoms with Crippen LogP contribution in [0.4, 0.5) is 11.4 Å². The van der Waals surface area contributed by atoms with Gasteiger partial charge in [0.15, 0.2) is 0 Å². The fourth-order valence-corrected chi connectivity index (χ4v) is 1.93. The monoisotopic (exact) mass is 294 g/mol. The second-order valence-electron chi connectivity index (χ2n) is 5.59. The maximum atomic E-state index is 11.7. The fourth-order valence-electron chi connectivity index (χ4n) is 1.93. The SMILES string of the molecule is COC(=O)c1cc(NC(C)=O)c(C(C)(C)C)cc1[N+](=O)[O-]. The van der Waals surface area contributed by atoms with Crippen molar-refractivity contribution < 1.29 is 19.2 Å². The highest BCUT2D eigenvalue weighted by Crippen LogP contribution is 2.35. The largest absolute Gasteiger partial charge is 0.465 e. The second kappa shape index (κ2) is 5.90. The van der Waals surface area contributed by atoms with Crippen LogP contribution in [-0.2, 0) is 14.9 Å².